The van der Waals surface area contributed by atoms with Crippen molar-refractivity contribution in [1.82, 2.24) is 0 Å². The van der Waals surface area contributed by atoms with E-state index in [2.05, 4.69) is 27.8 Å². The first-order valence-electron chi connectivity index (χ1n) is 2.05. The van der Waals surface area contributed by atoms with Gasteiger partial charge in [0.15, 0.2) is 0 Å². The molecule has 0 unspecified atom stereocenters. The molecule has 0 aliphatic rings. The predicted octanol–water partition coefficient (Wildman–Crippen LogP) is 1.96. The Morgan fingerprint density at radius 3 is 2.86 bits per heavy atom. The van der Waals surface area contributed by atoms with E-state index in [1.807, 2.05) is 19.1 Å². The highest BCUT2D eigenvalue weighted by Gasteiger charge is 1.58. The molecule has 1 heteroatoms. The maximum absolute atomic E-state index is 3.22. The minimum Gasteiger partial charge on any atom is -0.102 e. The molecular weight excluding hydrogens is 152 g/mol. The van der Waals surface area contributed by atoms with E-state index in [0.29, 0.717) is 0 Å². The topological polar surface area (TPSA) is 0 Å². The van der Waals surface area contributed by atoms with E-state index in [-0.39, 0.29) is 0 Å². The SMILES string of the molecule is CC#C/C=C/CBr. The van der Waals surface area contributed by atoms with Gasteiger partial charge in [-0.05, 0) is 13.0 Å². The molecule has 0 spiro atoms. The fourth-order valence-corrected chi connectivity index (χ4v) is 0.374. The largest absolute Gasteiger partial charge is 0.102 e. The number of halogens is 1. The smallest absolute Gasteiger partial charge is 0.0221 e. The Balaban J connectivity index is 3.21. The molecule has 0 bridgehead atoms. The number of rotatable bonds is 1. The van der Waals surface area contributed by atoms with Gasteiger partial charge in [0.2, 0.25) is 0 Å². The van der Waals surface area contributed by atoms with Gasteiger partial charge in [-0.1, -0.05) is 27.9 Å². The van der Waals surface area contributed by atoms with E-state index in [4.69, 9.17) is 0 Å². The Bertz CT molecular complexity index is 103. The lowest BCUT2D eigenvalue weighted by molar-refractivity contribution is 1.81. The molecule has 0 saturated carbocycles. The van der Waals surface area contributed by atoms with Crippen LogP contribution in [0.15, 0.2) is 12.2 Å². The normalized spacial score (nSPS) is 8.29. The van der Waals surface area contributed by atoms with Gasteiger partial charge in [-0.25, -0.2) is 0 Å². The fraction of sp³-hybridized carbons (Fsp3) is 0.333. The highest BCUT2D eigenvalue weighted by Crippen LogP contribution is 1.78. The predicted molar refractivity (Wildman–Crippen MR) is 36.4 cm³/mol. The van der Waals surface area contributed by atoms with Crippen molar-refractivity contribution < 1.29 is 0 Å². The highest BCUT2D eigenvalue weighted by atomic mass is 79.9. The number of alkyl halides is 1. The summed E-state index contributed by atoms with van der Waals surface area (Å²) in [6.07, 6.45) is 3.78. The van der Waals surface area contributed by atoms with Gasteiger partial charge >= 0.3 is 0 Å². The van der Waals surface area contributed by atoms with Crippen molar-refractivity contribution in [3.05, 3.63) is 12.2 Å². The highest BCUT2D eigenvalue weighted by molar-refractivity contribution is 9.09. The monoisotopic (exact) mass is 158 g/mol. The van der Waals surface area contributed by atoms with Gasteiger partial charge < -0.3 is 0 Å². The zero-order chi connectivity index (χ0) is 5.54. The van der Waals surface area contributed by atoms with Crippen LogP contribution in [-0.2, 0) is 0 Å². The Hall–Kier alpha value is -0.220. The molecule has 0 aromatic heterocycles. The maximum Gasteiger partial charge on any atom is 0.0221 e. The molecule has 0 amide bonds. The summed E-state index contributed by atoms with van der Waals surface area (Å²) in [5.41, 5.74) is 0. The van der Waals surface area contributed by atoms with E-state index in [9.17, 15) is 0 Å². The summed E-state index contributed by atoms with van der Waals surface area (Å²) < 4.78 is 0. The number of hydrogen-bond donors (Lipinski definition) is 0. The standard InChI is InChI=1S/C6H7Br/c1-2-3-4-5-6-7/h4-5H,6H2,1H3/b5-4+. The lowest BCUT2D eigenvalue weighted by Crippen LogP contribution is -1.53. The van der Waals surface area contributed by atoms with Crippen LogP contribution in [0.4, 0.5) is 0 Å². The van der Waals surface area contributed by atoms with Crippen LogP contribution >= 0.6 is 15.9 Å². The van der Waals surface area contributed by atoms with Crippen LogP contribution in [0.3, 0.4) is 0 Å². The third-order valence-corrected chi connectivity index (χ3v) is 0.808. The van der Waals surface area contributed by atoms with Gasteiger partial charge in [0.05, 0.1) is 0 Å². The average molecular weight is 159 g/mol. The third-order valence-electron chi connectivity index (χ3n) is 0.435. The first-order chi connectivity index (χ1) is 3.41. The summed E-state index contributed by atoms with van der Waals surface area (Å²) in [5.74, 6) is 5.53. The first-order valence-corrected chi connectivity index (χ1v) is 3.17. The zero-order valence-corrected chi connectivity index (χ0v) is 5.83. The molecule has 0 N–H and O–H groups in total. The summed E-state index contributed by atoms with van der Waals surface area (Å²) in [4.78, 5) is 0. The molecule has 0 aromatic rings. The average Bonchev–Trinajstić information content (AvgIpc) is 1.69. The lowest BCUT2D eigenvalue weighted by Gasteiger charge is -1.65. The second-order valence-corrected chi connectivity index (χ2v) is 1.60. The molecule has 7 heavy (non-hydrogen) atoms. The Kier molecular flexibility index (Phi) is 5.60. The zero-order valence-electron chi connectivity index (χ0n) is 4.24. The van der Waals surface area contributed by atoms with Gasteiger partial charge in [-0.3, -0.25) is 0 Å². The van der Waals surface area contributed by atoms with Crippen LogP contribution in [0.2, 0.25) is 0 Å². The van der Waals surface area contributed by atoms with E-state index in [1.54, 1.807) is 0 Å². The number of hydrogen-bond acceptors (Lipinski definition) is 0. The summed E-state index contributed by atoms with van der Waals surface area (Å²) >= 11 is 3.22. The summed E-state index contributed by atoms with van der Waals surface area (Å²) in [7, 11) is 0. The number of allylic oxidation sites excluding steroid dienone is 2. The van der Waals surface area contributed by atoms with Crippen molar-refractivity contribution in [3.8, 4) is 11.8 Å². The van der Waals surface area contributed by atoms with Crippen molar-refractivity contribution in [1.29, 1.82) is 0 Å². The van der Waals surface area contributed by atoms with Gasteiger partial charge in [0, 0.05) is 5.33 Å². The second-order valence-electron chi connectivity index (χ2n) is 0.951. The Labute approximate surface area is 52.7 Å². The molecule has 0 rings (SSSR count). The fourth-order valence-electron chi connectivity index (χ4n) is 0.187. The Morgan fingerprint density at radius 2 is 2.43 bits per heavy atom. The molecule has 0 fully saturated rings. The molecular formula is C6H7Br. The molecule has 0 atom stereocenters. The molecule has 38 valence electrons. The van der Waals surface area contributed by atoms with E-state index in [1.165, 1.54) is 0 Å². The van der Waals surface area contributed by atoms with Gasteiger partial charge in [0.25, 0.3) is 0 Å². The van der Waals surface area contributed by atoms with Crippen molar-refractivity contribution in [2.45, 2.75) is 6.92 Å². The Morgan fingerprint density at radius 1 is 1.71 bits per heavy atom. The second kappa shape index (κ2) is 5.78. The van der Waals surface area contributed by atoms with Gasteiger partial charge in [0.1, 0.15) is 0 Å². The quantitative estimate of drug-likeness (QED) is 0.405. The van der Waals surface area contributed by atoms with Gasteiger partial charge in [-0.15, -0.1) is 5.92 Å². The molecule has 0 aliphatic heterocycles. The van der Waals surface area contributed by atoms with Crippen molar-refractivity contribution >= 4 is 15.9 Å². The van der Waals surface area contributed by atoms with Gasteiger partial charge in [-0.2, -0.15) is 0 Å². The maximum atomic E-state index is 3.22. The minimum absolute atomic E-state index is 0.891. The van der Waals surface area contributed by atoms with Crippen LogP contribution in [0.1, 0.15) is 6.92 Å². The molecule has 0 aliphatic carbocycles. The van der Waals surface area contributed by atoms with E-state index < -0.39 is 0 Å². The lowest BCUT2D eigenvalue weighted by atomic mass is 10.5. The summed E-state index contributed by atoms with van der Waals surface area (Å²) in [5, 5.41) is 0.891. The van der Waals surface area contributed by atoms with Crippen molar-refractivity contribution in [2.75, 3.05) is 5.33 Å². The van der Waals surface area contributed by atoms with E-state index >= 15 is 0 Å². The van der Waals surface area contributed by atoms with Crippen LogP contribution < -0.4 is 0 Å². The molecule has 0 saturated heterocycles. The minimum atomic E-state index is 0.891. The van der Waals surface area contributed by atoms with E-state index in [0.717, 1.165) is 5.33 Å². The van der Waals surface area contributed by atoms with Crippen molar-refractivity contribution in [3.63, 3.8) is 0 Å². The molecule has 0 radical (unpaired) electrons. The molecule has 0 heterocycles. The van der Waals surface area contributed by atoms with Crippen LogP contribution in [0.5, 0.6) is 0 Å². The van der Waals surface area contributed by atoms with Crippen LogP contribution in [-0.4, -0.2) is 5.33 Å². The summed E-state index contributed by atoms with van der Waals surface area (Å²) in [6, 6.07) is 0. The van der Waals surface area contributed by atoms with Crippen molar-refractivity contribution in [2.24, 2.45) is 0 Å². The molecule has 0 nitrogen and oxygen atoms in total. The molecule has 0 aromatic carbocycles. The van der Waals surface area contributed by atoms with Crippen LogP contribution in [0, 0.1) is 11.8 Å². The first kappa shape index (κ1) is 6.78. The summed E-state index contributed by atoms with van der Waals surface area (Å²) in [6.45, 7) is 1.82. The third kappa shape index (κ3) is 5.78. The van der Waals surface area contributed by atoms with Crippen LogP contribution in [0.25, 0.3) is 0 Å².